The van der Waals surface area contributed by atoms with Gasteiger partial charge in [-0.05, 0) is 0 Å². The second-order valence-electron chi connectivity index (χ2n) is 5.53. The Kier molecular flexibility index (Phi) is 6.65. The van der Waals surface area contributed by atoms with Gasteiger partial charge in [0.1, 0.15) is 0 Å². The summed E-state index contributed by atoms with van der Waals surface area (Å²) in [5.74, 6) is 2.48. The zero-order chi connectivity index (χ0) is 15.8. The molecule has 0 atom stereocenters. The molecule has 0 saturated carbocycles. The minimum Gasteiger partial charge on any atom is -0.379 e. The maximum Gasteiger partial charge on any atom is 0.236 e. The van der Waals surface area contributed by atoms with Gasteiger partial charge in [-0.1, -0.05) is 5.92 Å². The van der Waals surface area contributed by atoms with Gasteiger partial charge in [-0.2, -0.15) is 0 Å². The van der Waals surface area contributed by atoms with Crippen LogP contribution in [0.1, 0.15) is 0 Å². The fourth-order valence-electron chi connectivity index (χ4n) is 2.61. The van der Waals surface area contributed by atoms with Gasteiger partial charge in [0.2, 0.25) is 11.8 Å². The predicted molar refractivity (Wildman–Crippen MR) is 82.1 cm³/mol. The third-order valence-electron chi connectivity index (χ3n) is 3.94. The van der Waals surface area contributed by atoms with Crippen molar-refractivity contribution >= 4 is 11.8 Å². The molecule has 2 aliphatic heterocycles. The van der Waals surface area contributed by atoms with Gasteiger partial charge >= 0.3 is 0 Å². The molecule has 0 aromatic heterocycles. The highest BCUT2D eigenvalue weighted by molar-refractivity contribution is 5.79. The van der Waals surface area contributed by atoms with Crippen LogP contribution in [-0.2, 0) is 14.3 Å². The van der Waals surface area contributed by atoms with Crippen molar-refractivity contribution < 1.29 is 14.3 Å². The van der Waals surface area contributed by atoms with E-state index in [2.05, 4.69) is 16.1 Å². The first-order chi connectivity index (χ1) is 10.7. The van der Waals surface area contributed by atoms with Crippen LogP contribution in [0.2, 0.25) is 0 Å². The third kappa shape index (κ3) is 5.30. The summed E-state index contributed by atoms with van der Waals surface area (Å²) >= 11 is 0. The van der Waals surface area contributed by atoms with Gasteiger partial charge in [-0.3, -0.25) is 19.4 Å². The Hall–Kier alpha value is -1.62. The van der Waals surface area contributed by atoms with E-state index in [9.17, 15) is 9.59 Å². The summed E-state index contributed by atoms with van der Waals surface area (Å²) in [6.45, 7) is 6.90. The van der Waals surface area contributed by atoms with E-state index >= 15 is 0 Å². The minimum atomic E-state index is -0.0638. The van der Waals surface area contributed by atoms with Crippen LogP contribution in [0.3, 0.4) is 0 Å². The van der Waals surface area contributed by atoms with Crippen LogP contribution < -0.4 is 5.32 Å². The van der Waals surface area contributed by atoms with Crippen LogP contribution in [0.4, 0.5) is 0 Å². The molecule has 0 bridgehead atoms. The highest BCUT2D eigenvalue weighted by Gasteiger charge is 2.24. The van der Waals surface area contributed by atoms with E-state index in [1.165, 1.54) is 0 Å². The average molecular weight is 308 g/mol. The van der Waals surface area contributed by atoms with Crippen LogP contribution in [0.25, 0.3) is 0 Å². The van der Waals surface area contributed by atoms with Gasteiger partial charge in [0, 0.05) is 39.3 Å². The molecule has 7 heteroatoms. The maximum absolute atomic E-state index is 12.3. The van der Waals surface area contributed by atoms with Crippen LogP contribution in [0.5, 0.6) is 0 Å². The van der Waals surface area contributed by atoms with Crippen molar-refractivity contribution in [3.05, 3.63) is 0 Å². The summed E-state index contributed by atoms with van der Waals surface area (Å²) in [5.41, 5.74) is 0. The van der Waals surface area contributed by atoms with E-state index in [0.29, 0.717) is 39.4 Å². The Morgan fingerprint density at radius 3 is 2.27 bits per heavy atom. The fourth-order valence-corrected chi connectivity index (χ4v) is 2.61. The maximum atomic E-state index is 12.3. The monoisotopic (exact) mass is 308 g/mol. The summed E-state index contributed by atoms with van der Waals surface area (Å²) in [7, 11) is 0. The number of amides is 2. The lowest BCUT2D eigenvalue weighted by atomic mass is 10.3. The van der Waals surface area contributed by atoms with Gasteiger partial charge in [0.25, 0.3) is 0 Å². The molecule has 0 radical (unpaired) electrons. The number of hydrogen-bond acceptors (Lipinski definition) is 5. The van der Waals surface area contributed by atoms with E-state index in [4.69, 9.17) is 11.2 Å². The second-order valence-corrected chi connectivity index (χ2v) is 5.53. The van der Waals surface area contributed by atoms with Crippen LogP contribution in [-0.4, -0.2) is 98.6 Å². The van der Waals surface area contributed by atoms with E-state index in [0.717, 1.165) is 26.2 Å². The SMILES string of the molecule is C#CCNC(=O)CN1CCN(C(=O)CN2CCOCC2)CC1. The van der Waals surface area contributed by atoms with Gasteiger partial charge in [0.05, 0.1) is 32.8 Å². The summed E-state index contributed by atoms with van der Waals surface area (Å²) in [6, 6.07) is 0. The Balaban J connectivity index is 1.66. The molecule has 2 aliphatic rings. The lowest BCUT2D eigenvalue weighted by Crippen LogP contribution is -2.53. The first-order valence-electron chi connectivity index (χ1n) is 7.69. The van der Waals surface area contributed by atoms with Crippen LogP contribution >= 0.6 is 0 Å². The molecular formula is C15H24N4O3. The van der Waals surface area contributed by atoms with E-state index < -0.39 is 0 Å². The zero-order valence-electron chi connectivity index (χ0n) is 12.9. The van der Waals surface area contributed by atoms with Crippen molar-refractivity contribution in [1.82, 2.24) is 20.0 Å². The summed E-state index contributed by atoms with van der Waals surface area (Å²) < 4.78 is 5.28. The standard InChI is InChI=1S/C15H24N4O3/c1-2-3-16-14(20)12-17-4-6-19(7-5-17)15(21)13-18-8-10-22-11-9-18/h1H,3-13H2,(H,16,20). The quantitative estimate of drug-likeness (QED) is 0.608. The van der Waals surface area contributed by atoms with Gasteiger partial charge in [-0.25, -0.2) is 0 Å². The average Bonchev–Trinajstić information content (AvgIpc) is 2.54. The summed E-state index contributed by atoms with van der Waals surface area (Å²) in [5, 5.41) is 2.65. The van der Waals surface area contributed by atoms with Crippen molar-refractivity contribution in [3.63, 3.8) is 0 Å². The first kappa shape index (κ1) is 16.7. The Bertz CT molecular complexity index is 421. The molecule has 0 aromatic rings. The second kappa shape index (κ2) is 8.73. The lowest BCUT2D eigenvalue weighted by Gasteiger charge is -2.36. The number of nitrogens with one attached hydrogen (secondary N) is 1. The largest absolute Gasteiger partial charge is 0.379 e. The van der Waals surface area contributed by atoms with Crippen molar-refractivity contribution in [2.24, 2.45) is 0 Å². The smallest absolute Gasteiger partial charge is 0.236 e. The van der Waals surface area contributed by atoms with Gasteiger partial charge < -0.3 is 15.0 Å². The highest BCUT2D eigenvalue weighted by atomic mass is 16.5. The van der Waals surface area contributed by atoms with Gasteiger partial charge in [0.15, 0.2) is 0 Å². The Labute approximate surface area is 131 Å². The predicted octanol–water partition coefficient (Wildman–Crippen LogP) is -1.79. The zero-order valence-corrected chi connectivity index (χ0v) is 12.9. The molecule has 0 spiro atoms. The van der Waals surface area contributed by atoms with E-state index in [-0.39, 0.29) is 18.4 Å². The molecule has 122 valence electrons. The molecule has 2 amide bonds. The number of morpholine rings is 1. The lowest BCUT2D eigenvalue weighted by molar-refractivity contribution is -0.135. The van der Waals surface area contributed by atoms with E-state index in [1.54, 1.807) is 0 Å². The number of nitrogens with zero attached hydrogens (tertiary/aromatic N) is 3. The van der Waals surface area contributed by atoms with E-state index in [1.807, 2.05) is 9.80 Å². The number of terminal acetylenes is 1. The number of carbonyl (C=O) groups excluding carboxylic acids is 2. The number of carbonyl (C=O) groups is 2. The molecule has 0 aromatic carbocycles. The number of rotatable bonds is 5. The number of ether oxygens (including phenoxy) is 1. The third-order valence-corrected chi connectivity index (χ3v) is 3.94. The molecular weight excluding hydrogens is 284 g/mol. The first-order valence-corrected chi connectivity index (χ1v) is 7.69. The highest BCUT2D eigenvalue weighted by Crippen LogP contribution is 2.04. The summed E-state index contributed by atoms with van der Waals surface area (Å²) in [4.78, 5) is 29.9. The molecule has 2 rings (SSSR count). The summed E-state index contributed by atoms with van der Waals surface area (Å²) in [6.07, 6.45) is 5.10. The molecule has 0 aliphatic carbocycles. The van der Waals surface area contributed by atoms with Crippen molar-refractivity contribution in [2.75, 3.05) is 72.1 Å². The molecule has 2 fully saturated rings. The topological polar surface area (TPSA) is 65.1 Å². The van der Waals surface area contributed by atoms with Crippen LogP contribution in [0.15, 0.2) is 0 Å². The molecule has 2 heterocycles. The molecule has 7 nitrogen and oxygen atoms in total. The molecule has 0 unspecified atom stereocenters. The molecule has 22 heavy (non-hydrogen) atoms. The normalized spacial score (nSPS) is 20.4. The molecule has 2 saturated heterocycles. The Morgan fingerprint density at radius 2 is 1.64 bits per heavy atom. The Morgan fingerprint density at radius 1 is 1.00 bits per heavy atom. The number of piperazine rings is 1. The van der Waals surface area contributed by atoms with Gasteiger partial charge in [-0.15, -0.1) is 6.42 Å². The van der Waals surface area contributed by atoms with Crippen molar-refractivity contribution in [3.8, 4) is 12.3 Å². The van der Waals surface area contributed by atoms with Crippen LogP contribution in [0, 0.1) is 12.3 Å². The number of hydrogen-bond donors (Lipinski definition) is 1. The minimum absolute atomic E-state index is 0.0638. The fraction of sp³-hybridized carbons (Fsp3) is 0.733. The molecule has 1 N–H and O–H groups in total. The van der Waals surface area contributed by atoms with Crippen molar-refractivity contribution in [2.45, 2.75) is 0 Å². The van der Waals surface area contributed by atoms with Crippen molar-refractivity contribution in [1.29, 1.82) is 0 Å².